The molecule has 8 nitrogen and oxygen atoms in total. The van der Waals surface area contributed by atoms with Gasteiger partial charge >= 0.3 is 5.69 Å². The van der Waals surface area contributed by atoms with Crippen molar-refractivity contribution in [2.75, 3.05) is 0 Å². The molecule has 0 saturated carbocycles. The maximum atomic E-state index is 10.8. The molecule has 0 aliphatic heterocycles. The number of nitrogens with zero attached hydrogens (tertiary/aromatic N) is 5. The molecule has 0 amide bonds. The zero-order valence-electron chi connectivity index (χ0n) is 8.65. The summed E-state index contributed by atoms with van der Waals surface area (Å²) in [6.45, 7) is 0. The lowest BCUT2D eigenvalue weighted by atomic mass is 10.2. The third-order valence-electron chi connectivity index (χ3n) is 2.37. The van der Waals surface area contributed by atoms with E-state index in [9.17, 15) is 10.1 Å². The number of benzene rings is 1. The molecular formula is C9H4IN5O3. The minimum atomic E-state index is -0.525. The maximum absolute atomic E-state index is 10.8. The van der Waals surface area contributed by atoms with Crippen LogP contribution < -0.4 is 0 Å². The Morgan fingerprint density at radius 1 is 1.33 bits per heavy atom. The maximum Gasteiger partial charge on any atom is 0.300 e. The lowest BCUT2D eigenvalue weighted by Gasteiger charge is -2.00. The Kier molecular flexibility index (Phi) is 2.47. The van der Waals surface area contributed by atoms with E-state index in [1.54, 1.807) is 23.1 Å². The van der Waals surface area contributed by atoms with E-state index in [0.29, 0.717) is 11.2 Å². The van der Waals surface area contributed by atoms with E-state index < -0.39 is 4.92 Å². The lowest BCUT2D eigenvalue weighted by Crippen LogP contribution is -1.97. The van der Waals surface area contributed by atoms with Gasteiger partial charge in [0.25, 0.3) is 0 Å². The lowest BCUT2D eigenvalue weighted by molar-refractivity contribution is -0.383. The number of hydrogen-bond acceptors (Lipinski definition) is 6. The van der Waals surface area contributed by atoms with Crippen LogP contribution in [0.2, 0.25) is 0 Å². The number of halogens is 1. The molecule has 0 radical (unpaired) electrons. The molecule has 0 aliphatic carbocycles. The molecule has 0 fully saturated rings. The first kappa shape index (κ1) is 11.1. The molecule has 2 aromatic heterocycles. The van der Waals surface area contributed by atoms with Gasteiger partial charge in [0, 0.05) is 12.3 Å². The SMILES string of the molecule is O=[N+]([O-])c1ccc(-n2cc(I)cn2)c2nonc12. The smallest absolute Gasteiger partial charge is 0.258 e. The highest BCUT2D eigenvalue weighted by molar-refractivity contribution is 14.1. The standard InChI is InChI=1S/C9H4IN5O3/c10-5-3-11-14(4-5)6-1-2-7(15(16)17)9-8(6)12-18-13-9/h1-4H. The third kappa shape index (κ3) is 1.63. The van der Waals surface area contributed by atoms with Crippen molar-refractivity contribution in [1.29, 1.82) is 0 Å². The first-order valence-electron chi connectivity index (χ1n) is 4.77. The van der Waals surface area contributed by atoms with Crippen LogP contribution in [0, 0.1) is 13.7 Å². The van der Waals surface area contributed by atoms with Crippen LogP contribution in [0.15, 0.2) is 29.2 Å². The Morgan fingerprint density at radius 2 is 2.11 bits per heavy atom. The number of aromatic nitrogens is 4. The van der Waals surface area contributed by atoms with E-state index in [1.165, 1.54) is 6.07 Å². The van der Waals surface area contributed by atoms with Crippen molar-refractivity contribution in [3.05, 3.63) is 38.2 Å². The van der Waals surface area contributed by atoms with Crippen LogP contribution in [0.1, 0.15) is 0 Å². The van der Waals surface area contributed by atoms with Crippen LogP contribution in [0.3, 0.4) is 0 Å². The van der Waals surface area contributed by atoms with Crippen LogP contribution in [0.25, 0.3) is 16.7 Å². The number of hydrogen-bond donors (Lipinski definition) is 0. The van der Waals surface area contributed by atoms with Crippen molar-refractivity contribution in [2.45, 2.75) is 0 Å². The average Bonchev–Trinajstić information content (AvgIpc) is 2.95. The number of nitro groups is 1. The Hall–Kier alpha value is -2.04. The van der Waals surface area contributed by atoms with Crippen LogP contribution in [-0.4, -0.2) is 25.0 Å². The predicted octanol–water partition coefficient (Wildman–Crippen LogP) is 1.92. The molecule has 0 spiro atoms. The molecule has 0 saturated heterocycles. The molecule has 2 heterocycles. The van der Waals surface area contributed by atoms with Crippen molar-refractivity contribution < 1.29 is 9.55 Å². The summed E-state index contributed by atoms with van der Waals surface area (Å²) in [5, 5.41) is 22.2. The highest BCUT2D eigenvalue weighted by Crippen LogP contribution is 2.27. The quantitative estimate of drug-likeness (QED) is 0.395. The summed E-state index contributed by atoms with van der Waals surface area (Å²) in [4.78, 5) is 10.3. The van der Waals surface area contributed by atoms with Gasteiger partial charge in [-0.2, -0.15) is 5.10 Å². The molecule has 0 N–H and O–H groups in total. The van der Waals surface area contributed by atoms with E-state index in [-0.39, 0.29) is 11.2 Å². The number of nitro benzene ring substituents is 1. The topological polar surface area (TPSA) is 99.9 Å². The van der Waals surface area contributed by atoms with Gasteiger partial charge in [-0.15, -0.1) is 0 Å². The van der Waals surface area contributed by atoms with Crippen LogP contribution in [0.4, 0.5) is 5.69 Å². The monoisotopic (exact) mass is 357 g/mol. The second-order valence-corrected chi connectivity index (χ2v) is 4.67. The molecule has 0 aliphatic rings. The summed E-state index contributed by atoms with van der Waals surface area (Å²) < 4.78 is 7.09. The fourth-order valence-electron chi connectivity index (χ4n) is 1.61. The Bertz CT molecular complexity index is 750. The molecule has 3 aromatic rings. The Morgan fingerprint density at radius 3 is 2.78 bits per heavy atom. The van der Waals surface area contributed by atoms with Gasteiger partial charge < -0.3 is 0 Å². The normalized spacial score (nSPS) is 10.9. The second-order valence-electron chi connectivity index (χ2n) is 3.43. The van der Waals surface area contributed by atoms with Gasteiger partial charge in [-0.05, 0) is 39.0 Å². The van der Waals surface area contributed by atoms with Crippen molar-refractivity contribution in [2.24, 2.45) is 0 Å². The Balaban J connectivity index is 2.29. The van der Waals surface area contributed by atoms with Crippen molar-refractivity contribution >= 4 is 39.3 Å². The van der Waals surface area contributed by atoms with E-state index in [4.69, 9.17) is 0 Å². The first-order chi connectivity index (χ1) is 8.66. The van der Waals surface area contributed by atoms with E-state index in [2.05, 4.69) is 42.6 Å². The van der Waals surface area contributed by atoms with Crippen LogP contribution in [0.5, 0.6) is 0 Å². The van der Waals surface area contributed by atoms with Crippen LogP contribution >= 0.6 is 22.6 Å². The molecule has 0 unspecified atom stereocenters. The fourth-order valence-corrected chi connectivity index (χ4v) is 1.99. The van der Waals surface area contributed by atoms with E-state index >= 15 is 0 Å². The molecular weight excluding hydrogens is 353 g/mol. The molecule has 1 aromatic carbocycles. The highest BCUT2D eigenvalue weighted by atomic mass is 127. The van der Waals surface area contributed by atoms with Gasteiger partial charge in [0.1, 0.15) is 0 Å². The molecule has 0 bridgehead atoms. The highest BCUT2D eigenvalue weighted by Gasteiger charge is 2.20. The predicted molar refractivity (Wildman–Crippen MR) is 68.3 cm³/mol. The summed E-state index contributed by atoms with van der Waals surface area (Å²) in [5.41, 5.74) is 0.864. The molecule has 0 atom stereocenters. The van der Waals surface area contributed by atoms with Crippen molar-refractivity contribution in [3.8, 4) is 5.69 Å². The van der Waals surface area contributed by atoms with E-state index in [0.717, 1.165) is 3.57 Å². The molecule has 90 valence electrons. The average molecular weight is 357 g/mol. The molecule has 18 heavy (non-hydrogen) atoms. The number of rotatable bonds is 2. The summed E-state index contributed by atoms with van der Waals surface area (Å²) in [5.74, 6) is 0. The third-order valence-corrected chi connectivity index (χ3v) is 2.92. The van der Waals surface area contributed by atoms with Gasteiger partial charge in [-0.25, -0.2) is 9.31 Å². The summed E-state index contributed by atoms with van der Waals surface area (Å²) in [6, 6.07) is 2.92. The van der Waals surface area contributed by atoms with Crippen molar-refractivity contribution in [3.63, 3.8) is 0 Å². The minimum Gasteiger partial charge on any atom is -0.258 e. The van der Waals surface area contributed by atoms with Crippen LogP contribution in [-0.2, 0) is 0 Å². The van der Waals surface area contributed by atoms with Gasteiger partial charge in [0.2, 0.25) is 5.52 Å². The summed E-state index contributed by atoms with van der Waals surface area (Å²) in [6.07, 6.45) is 3.44. The van der Waals surface area contributed by atoms with E-state index in [1.807, 2.05) is 0 Å². The van der Waals surface area contributed by atoms with Crippen molar-refractivity contribution in [1.82, 2.24) is 20.1 Å². The zero-order valence-corrected chi connectivity index (χ0v) is 10.8. The van der Waals surface area contributed by atoms with Gasteiger partial charge in [-0.3, -0.25) is 10.1 Å². The molecule has 3 rings (SSSR count). The minimum absolute atomic E-state index is 0.114. The zero-order chi connectivity index (χ0) is 12.7. The van der Waals surface area contributed by atoms with Gasteiger partial charge in [0.05, 0.1) is 20.4 Å². The first-order valence-corrected chi connectivity index (χ1v) is 5.85. The number of non-ortho nitro benzene ring substituents is 1. The summed E-state index contributed by atoms with van der Waals surface area (Å²) >= 11 is 2.12. The van der Waals surface area contributed by atoms with Gasteiger partial charge in [-0.1, -0.05) is 0 Å². The largest absolute Gasteiger partial charge is 0.300 e. The second kappa shape index (κ2) is 4.01. The number of fused-ring (bicyclic) bond motifs is 1. The molecule has 9 heteroatoms. The van der Waals surface area contributed by atoms with Gasteiger partial charge in [0.15, 0.2) is 5.52 Å². The summed E-state index contributed by atoms with van der Waals surface area (Å²) in [7, 11) is 0. The fraction of sp³-hybridized carbons (Fsp3) is 0. The Labute approximate surface area is 113 Å².